The number of methoxy groups -OCH3 is 1. The van der Waals surface area contributed by atoms with E-state index in [-0.39, 0.29) is 0 Å². The van der Waals surface area contributed by atoms with Gasteiger partial charge in [0.2, 0.25) is 0 Å². The van der Waals surface area contributed by atoms with Crippen molar-refractivity contribution in [2.24, 2.45) is 0 Å². The van der Waals surface area contributed by atoms with Crippen LogP contribution in [-0.2, 0) is 6.42 Å². The number of carboxylic acid groups (broad SMARTS) is 1. The maximum absolute atomic E-state index is 11.4. The zero-order chi connectivity index (χ0) is 14.7. The molecule has 0 radical (unpaired) electrons. The molecule has 0 unspecified atom stereocenters. The summed E-state index contributed by atoms with van der Waals surface area (Å²) < 4.78 is 5.19. The molecule has 1 N–H and O–H groups in total. The Kier molecular flexibility index (Phi) is 4.08. The number of carboxylic acids is 1. The maximum Gasteiger partial charge on any atom is 0.336 e. The predicted molar refractivity (Wildman–Crippen MR) is 78.7 cm³/mol. The normalized spacial score (nSPS) is 10.3. The summed E-state index contributed by atoms with van der Waals surface area (Å²) in [6.07, 6.45) is 0.604. The van der Waals surface area contributed by atoms with Crippen LogP contribution in [0, 0.1) is 13.8 Å². The van der Waals surface area contributed by atoms with E-state index in [0.29, 0.717) is 17.7 Å². The van der Waals surface area contributed by atoms with Crippen LogP contribution >= 0.6 is 0 Å². The van der Waals surface area contributed by atoms with Gasteiger partial charge in [-0.1, -0.05) is 35.9 Å². The van der Waals surface area contributed by atoms with Gasteiger partial charge in [0.1, 0.15) is 5.75 Å². The second-order valence-electron chi connectivity index (χ2n) is 4.95. The summed E-state index contributed by atoms with van der Waals surface area (Å²) in [6.45, 7) is 3.95. The molecule has 0 fully saturated rings. The van der Waals surface area contributed by atoms with E-state index in [1.54, 1.807) is 13.2 Å². The minimum Gasteiger partial charge on any atom is -0.496 e. The topological polar surface area (TPSA) is 46.5 Å². The second kappa shape index (κ2) is 5.78. The van der Waals surface area contributed by atoms with Crippen LogP contribution in [-0.4, -0.2) is 18.2 Å². The third-order valence-electron chi connectivity index (χ3n) is 3.37. The molecule has 3 heteroatoms. The van der Waals surface area contributed by atoms with Crippen molar-refractivity contribution in [3.8, 4) is 5.75 Å². The van der Waals surface area contributed by atoms with Crippen LogP contribution in [0.2, 0.25) is 0 Å². The fourth-order valence-electron chi connectivity index (χ4n) is 2.24. The second-order valence-corrected chi connectivity index (χ2v) is 4.95. The van der Waals surface area contributed by atoms with Gasteiger partial charge >= 0.3 is 5.97 Å². The molecule has 0 bridgehead atoms. The Balaban J connectivity index is 2.42. The summed E-state index contributed by atoms with van der Waals surface area (Å²) in [5.74, 6) is -0.319. The van der Waals surface area contributed by atoms with Gasteiger partial charge in [-0.25, -0.2) is 4.79 Å². The van der Waals surface area contributed by atoms with Crippen LogP contribution in [0.1, 0.15) is 32.6 Å². The molecule has 0 saturated carbocycles. The van der Waals surface area contributed by atoms with Crippen LogP contribution in [0.3, 0.4) is 0 Å². The molecule has 104 valence electrons. The van der Waals surface area contributed by atoms with Crippen LogP contribution in [0.5, 0.6) is 5.75 Å². The molecular weight excluding hydrogens is 252 g/mol. The van der Waals surface area contributed by atoms with E-state index in [4.69, 9.17) is 4.74 Å². The highest BCUT2D eigenvalue weighted by Gasteiger charge is 2.14. The molecule has 0 aliphatic heterocycles. The zero-order valence-corrected chi connectivity index (χ0v) is 11.9. The summed E-state index contributed by atoms with van der Waals surface area (Å²) in [6, 6.07) is 11.6. The standard InChI is InChI=1S/C17H18O3/c1-11-4-6-13(7-5-11)9-14-8-12(2)16(20-3)10-15(14)17(18)19/h4-8,10H,9H2,1-3H3,(H,18,19). The Labute approximate surface area is 118 Å². The highest BCUT2D eigenvalue weighted by atomic mass is 16.5. The van der Waals surface area contributed by atoms with Crippen molar-refractivity contribution in [3.63, 3.8) is 0 Å². The first kappa shape index (κ1) is 14.1. The Morgan fingerprint density at radius 2 is 1.80 bits per heavy atom. The number of benzene rings is 2. The third kappa shape index (κ3) is 2.99. The molecule has 2 aromatic carbocycles. The van der Waals surface area contributed by atoms with E-state index in [2.05, 4.69) is 0 Å². The van der Waals surface area contributed by atoms with Crippen LogP contribution in [0.4, 0.5) is 0 Å². The molecule has 0 spiro atoms. The first-order chi connectivity index (χ1) is 9.51. The molecule has 0 saturated heterocycles. The highest BCUT2D eigenvalue weighted by Crippen LogP contribution is 2.25. The van der Waals surface area contributed by atoms with E-state index in [1.807, 2.05) is 44.2 Å². The van der Waals surface area contributed by atoms with Crippen molar-refractivity contribution in [2.45, 2.75) is 20.3 Å². The van der Waals surface area contributed by atoms with Crippen LogP contribution in [0.15, 0.2) is 36.4 Å². The van der Waals surface area contributed by atoms with E-state index in [0.717, 1.165) is 16.7 Å². The number of aryl methyl sites for hydroxylation is 2. The largest absolute Gasteiger partial charge is 0.496 e. The molecule has 0 aliphatic carbocycles. The average Bonchev–Trinajstić information content (AvgIpc) is 2.41. The zero-order valence-electron chi connectivity index (χ0n) is 11.9. The Bertz CT molecular complexity index is 627. The molecular formula is C17H18O3. The number of hydrogen-bond donors (Lipinski definition) is 1. The average molecular weight is 270 g/mol. The van der Waals surface area contributed by atoms with Crippen LogP contribution in [0.25, 0.3) is 0 Å². The summed E-state index contributed by atoms with van der Waals surface area (Å²) in [7, 11) is 1.55. The fraction of sp³-hybridized carbons (Fsp3) is 0.235. The minimum absolute atomic E-state index is 0.299. The number of rotatable bonds is 4. The van der Waals surface area contributed by atoms with Crippen molar-refractivity contribution in [1.82, 2.24) is 0 Å². The summed E-state index contributed by atoms with van der Waals surface area (Å²) >= 11 is 0. The van der Waals surface area contributed by atoms with Gasteiger partial charge in [0.25, 0.3) is 0 Å². The van der Waals surface area contributed by atoms with Crippen LogP contribution < -0.4 is 4.74 Å². The molecule has 0 amide bonds. The lowest BCUT2D eigenvalue weighted by atomic mass is 9.96. The number of ether oxygens (including phenoxy) is 1. The van der Waals surface area contributed by atoms with Gasteiger partial charge in [-0.3, -0.25) is 0 Å². The molecule has 0 aliphatic rings. The van der Waals surface area contributed by atoms with Gasteiger partial charge in [0.15, 0.2) is 0 Å². The monoisotopic (exact) mass is 270 g/mol. The van der Waals surface area contributed by atoms with Gasteiger partial charge in [-0.15, -0.1) is 0 Å². The molecule has 3 nitrogen and oxygen atoms in total. The Morgan fingerprint density at radius 3 is 2.35 bits per heavy atom. The van der Waals surface area contributed by atoms with E-state index < -0.39 is 5.97 Å². The molecule has 2 aromatic rings. The van der Waals surface area contributed by atoms with Crippen molar-refractivity contribution >= 4 is 5.97 Å². The third-order valence-corrected chi connectivity index (χ3v) is 3.37. The van der Waals surface area contributed by atoms with Crippen molar-refractivity contribution in [3.05, 3.63) is 64.2 Å². The van der Waals surface area contributed by atoms with Gasteiger partial charge in [-0.2, -0.15) is 0 Å². The Hall–Kier alpha value is -2.29. The minimum atomic E-state index is -0.926. The number of carbonyl (C=O) groups is 1. The van der Waals surface area contributed by atoms with Crippen molar-refractivity contribution in [1.29, 1.82) is 0 Å². The lowest BCUT2D eigenvalue weighted by molar-refractivity contribution is 0.0695. The number of hydrogen-bond acceptors (Lipinski definition) is 2. The lowest BCUT2D eigenvalue weighted by Gasteiger charge is -2.11. The first-order valence-corrected chi connectivity index (χ1v) is 6.47. The Morgan fingerprint density at radius 1 is 1.15 bits per heavy atom. The van der Waals surface area contributed by atoms with Gasteiger partial charge in [0.05, 0.1) is 12.7 Å². The van der Waals surface area contributed by atoms with E-state index in [1.165, 1.54) is 5.56 Å². The fourth-order valence-corrected chi connectivity index (χ4v) is 2.24. The quantitative estimate of drug-likeness (QED) is 0.923. The molecule has 20 heavy (non-hydrogen) atoms. The predicted octanol–water partition coefficient (Wildman–Crippen LogP) is 3.60. The maximum atomic E-state index is 11.4. The van der Waals surface area contributed by atoms with Gasteiger partial charge < -0.3 is 9.84 Å². The molecule has 2 rings (SSSR count). The van der Waals surface area contributed by atoms with E-state index >= 15 is 0 Å². The SMILES string of the molecule is COc1cc(C(=O)O)c(Cc2ccc(C)cc2)cc1C. The summed E-state index contributed by atoms with van der Waals surface area (Å²) in [5.41, 5.74) is 4.34. The number of aromatic carboxylic acids is 1. The molecule has 0 atom stereocenters. The van der Waals surface area contributed by atoms with E-state index in [9.17, 15) is 9.90 Å². The molecule has 0 aromatic heterocycles. The first-order valence-electron chi connectivity index (χ1n) is 6.47. The van der Waals surface area contributed by atoms with Crippen molar-refractivity contribution in [2.75, 3.05) is 7.11 Å². The molecule has 0 heterocycles. The highest BCUT2D eigenvalue weighted by molar-refractivity contribution is 5.90. The summed E-state index contributed by atoms with van der Waals surface area (Å²) in [4.78, 5) is 11.4. The van der Waals surface area contributed by atoms with Gasteiger partial charge in [-0.05, 0) is 43.0 Å². The van der Waals surface area contributed by atoms with Gasteiger partial charge in [0, 0.05) is 0 Å². The van der Waals surface area contributed by atoms with Crippen molar-refractivity contribution < 1.29 is 14.6 Å². The smallest absolute Gasteiger partial charge is 0.336 e. The summed E-state index contributed by atoms with van der Waals surface area (Å²) in [5, 5.41) is 9.34. The lowest BCUT2D eigenvalue weighted by Crippen LogP contribution is -2.05.